The van der Waals surface area contributed by atoms with Crippen LogP contribution in [-0.4, -0.2) is 55.6 Å². The number of nitrogens with one attached hydrogen (secondary N) is 2. The van der Waals surface area contributed by atoms with Crippen molar-refractivity contribution in [2.24, 2.45) is 4.99 Å². The summed E-state index contributed by atoms with van der Waals surface area (Å²) in [4.78, 5) is 23.4. The SMILES string of the molecule is CCOC(=O)c1sc(C(C)NC(=NC)NCCN(C)Cc2ccc(F)cc2)nc1C.I. The fourth-order valence-electron chi connectivity index (χ4n) is 2.80. The summed E-state index contributed by atoms with van der Waals surface area (Å²) in [7, 11) is 3.72. The molecule has 31 heavy (non-hydrogen) atoms. The summed E-state index contributed by atoms with van der Waals surface area (Å²) >= 11 is 1.33. The zero-order valence-corrected chi connectivity index (χ0v) is 21.7. The van der Waals surface area contributed by atoms with Crippen LogP contribution in [0.5, 0.6) is 0 Å². The summed E-state index contributed by atoms with van der Waals surface area (Å²) in [5.74, 6) is 0.0951. The molecule has 0 amide bonds. The largest absolute Gasteiger partial charge is 0.462 e. The summed E-state index contributed by atoms with van der Waals surface area (Å²) in [5.41, 5.74) is 1.74. The number of aliphatic imine (C=N–C) groups is 1. The molecule has 172 valence electrons. The van der Waals surface area contributed by atoms with Crippen molar-refractivity contribution in [1.82, 2.24) is 20.5 Å². The van der Waals surface area contributed by atoms with Crippen LogP contribution in [0.15, 0.2) is 29.3 Å². The molecule has 0 aliphatic carbocycles. The fourth-order valence-corrected chi connectivity index (χ4v) is 3.76. The number of halogens is 2. The average molecular weight is 563 g/mol. The Morgan fingerprint density at radius 2 is 2.03 bits per heavy atom. The lowest BCUT2D eigenvalue weighted by atomic mass is 10.2. The Labute approximate surface area is 204 Å². The van der Waals surface area contributed by atoms with E-state index in [1.165, 1.54) is 23.5 Å². The lowest BCUT2D eigenvalue weighted by Crippen LogP contribution is -2.41. The number of aryl methyl sites for hydroxylation is 1. The molecule has 0 aliphatic rings. The maximum absolute atomic E-state index is 13.0. The van der Waals surface area contributed by atoms with Crippen molar-refractivity contribution in [1.29, 1.82) is 0 Å². The minimum atomic E-state index is -0.336. The lowest BCUT2D eigenvalue weighted by Gasteiger charge is -2.20. The molecule has 0 spiro atoms. The molecule has 1 atom stereocenters. The molecule has 2 rings (SSSR count). The van der Waals surface area contributed by atoms with Crippen LogP contribution < -0.4 is 10.6 Å². The van der Waals surface area contributed by atoms with Gasteiger partial charge < -0.3 is 20.3 Å². The predicted octanol–water partition coefficient (Wildman–Crippen LogP) is 3.74. The second kappa shape index (κ2) is 13.6. The molecule has 0 aliphatic heterocycles. The van der Waals surface area contributed by atoms with E-state index in [1.807, 2.05) is 20.9 Å². The van der Waals surface area contributed by atoms with Gasteiger partial charge in [-0.1, -0.05) is 12.1 Å². The van der Waals surface area contributed by atoms with Gasteiger partial charge in [0.2, 0.25) is 0 Å². The Hall–Kier alpha value is -1.79. The first-order chi connectivity index (χ1) is 14.3. The number of esters is 1. The van der Waals surface area contributed by atoms with E-state index in [9.17, 15) is 9.18 Å². The number of rotatable bonds is 9. The molecule has 1 aromatic heterocycles. The number of likely N-dealkylation sites (N-methyl/N-ethyl adjacent to an activating group) is 1. The van der Waals surface area contributed by atoms with Gasteiger partial charge in [0.1, 0.15) is 15.7 Å². The highest BCUT2D eigenvalue weighted by atomic mass is 127. The van der Waals surface area contributed by atoms with Crippen LogP contribution in [-0.2, 0) is 11.3 Å². The second-order valence-corrected chi connectivity index (χ2v) is 7.95. The minimum absolute atomic E-state index is 0. The van der Waals surface area contributed by atoms with Crippen molar-refractivity contribution >= 4 is 47.2 Å². The van der Waals surface area contributed by atoms with Crippen LogP contribution in [0.25, 0.3) is 0 Å². The lowest BCUT2D eigenvalue weighted by molar-refractivity contribution is 0.0531. The molecule has 1 heterocycles. The molecular weight excluding hydrogens is 532 g/mol. The monoisotopic (exact) mass is 563 g/mol. The number of hydrogen-bond acceptors (Lipinski definition) is 6. The molecule has 0 bridgehead atoms. The summed E-state index contributed by atoms with van der Waals surface area (Å²) in [6.07, 6.45) is 0. The predicted molar refractivity (Wildman–Crippen MR) is 134 cm³/mol. The first-order valence-corrected chi connectivity index (χ1v) is 10.7. The van der Waals surface area contributed by atoms with E-state index in [-0.39, 0.29) is 41.8 Å². The molecule has 2 N–H and O–H groups in total. The second-order valence-electron chi connectivity index (χ2n) is 6.92. The number of thiazole rings is 1. The first-order valence-electron chi connectivity index (χ1n) is 9.88. The van der Waals surface area contributed by atoms with E-state index < -0.39 is 0 Å². The van der Waals surface area contributed by atoms with Gasteiger partial charge in [0.25, 0.3) is 0 Å². The van der Waals surface area contributed by atoms with Crippen molar-refractivity contribution < 1.29 is 13.9 Å². The third-order valence-electron chi connectivity index (χ3n) is 4.37. The van der Waals surface area contributed by atoms with Crippen molar-refractivity contribution in [3.05, 3.63) is 51.2 Å². The van der Waals surface area contributed by atoms with Gasteiger partial charge in [-0.15, -0.1) is 35.3 Å². The normalized spacial score (nSPS) is 12.3. The number of guanidine groups is 1. The van der Waals surface area contributed by atoms with Crippen LogP contribution in [0.2, 0.25) is 0 Å². The van der Waals surface area contributed by atoms with E-state index in [0.717, 1.165) is 23.7 Å². The van der Waals surface area contributed by atoms with Crippen LogP contribution in [0.3, 0.4) is 0 Å². The van der Waals surface area contributed by atoms with E-state index in [4.69, 9.17) is 4.74 Å². The van der Waals surface area contributed by atoms with Gasteiger partial charge in [0.15, 0.2) is 5.96 Å². The molecule has 0 saturated carbocycles. The summed E-state index contributed by atoms with van der Waals surface area (Å²) in [6.45, 7) is 8.12. The van der Waals surface area contributed by atoms with E-state index >= 15 is 0 Å². The molecular formula is C21H31FIN5O2S. The molecule has 0 fully saturated rings. The first kappa shape index (κ1) is 27.2. The van der Waals surface area contributed by atoms with Crippen LogP contribution >= 0.6 is 35.3 Å². The third kappa shape index (κ3) is 8.69. The van der Waals surface area contributed by atoms with Gasteiger partial charge in [0.05, 0.1) is 18.3 Å². The van der Waals surface area contributed by atoms with Gasteiger partial charge in [-0.2, -0.15) is 0 Å². The Morgan fingerprint density at radius 1 is 1.35 bits per heavy atom. The number of carbonyl (C=O) groups excluding carboxylic acids is 1. The Kier molecular flexibility index (Phi) is 11.9. The van der Waals surface area contributed by atoms with Gasteiger partial charge >= 0.3 is 5.97 Å². The molecule has 2 aromatic rings. The molecule has 7 nitrogen and oxygen atoms in total. The quantitative estimate of drug-likeness (QED) is 0.210. The van der Waals surface area contributed by atoms with Crippen LogP contribution in [0.1, 0.15) is 45.8 Å². The van der Waals surface area contributed by atoms with Gasteiger partial charge in [-0.25, -0.2) is 14.2 Å². The van der Waals surface area contributed by atoms with E-state index in [2.05, 4.69) is 25.5 Å². The number of nitrogens with zero attached hydrogens (tertiary/aromatic N) is 3. The number of aromatic nitrogens is 1. The standard InChI is InChI=1S/C21H30FN5O2S.HI/c1-6-29-20(28)18-14(2)25-19(30-18)15(3)26-21(23-4)24-11-12-27(5)13-16-7-9-17(22)10-8-16;/h7-10,15H,6,11-13H2,1-5H3,(H2,23,24,26);1H. The molecule has 10 heteroatoms. The molecule has 0 radical (unpaired) electrons. The summed E-state index contributed by atoms with van der Waals surface area (Å²) in [5, 5.41) is 7.38. The average Bonchev–Trinajstić information content (AvgIpc) is 3.11. The number of hydrogen-bond donors (Lipinski definition) is 2. The molecule has 1 aromatic carbocycles. The number of carbonyl (C=O) groups is 1. The smallest absolute Gasteiger partial charge is 0.350 e. The fraction of sp³-hybridized carbons (Fsp3) is 0.476. The zero-order chi connectivity index (χ0) is 22.1. The zero-order valence-electron chi connectivity index (χ0n) is 18.6. The van der Waals surface area contributed by atoms with Crippen LogP contribution in [0, 0.1) is 12.7 Å². The number of ether oxygens (including phenoxy) is 1. The van der Waals surface area contributed by atoms with Crippen molar-refractivity contribution in [2.75, 3.05) is 33.8 Å². The maximum atomic E-state index is 13.0. The molecule has 0 saturated heterocycles. The number of benzene rings is 1. The Bertz CT molecular complexity index is 860. The van der Waals surface area contributed by atoms with Crippen LogP contribution in [0.4, 0.5) is 4.39 Å². The highest BCUT2D eigenvalue weighted by Gasteiger charge is 2.20. The van der Waals surface area contributed by atoms with E-state index in [0.29, 0.717) is 29.7 Å². The van der Waals surface area contributed by atoms with Crippen molar-refractivity contribution in [3.8, 4) is 0 Å². The summed E-state index contributed by atoms with van der Waals surface area (Å²) < 4.78 is 18.1. The Morgan fingerprint density at radius 3 is 2.65 bits per heavy atom. The van der Waals surface area contributed by atoms with E-state index in [1.54, 1.807) is 26.1 Å². The van der Waals surface area contributed by atoms with Gasteiger partial charge in [0, 0.05) is 26.7 Å². The van der Waals surface area contributed by atoms with Crippen molar-refractivity contribution in [2.45, 2.75) is 33.4 Å². The minimum Gasteiger partial charge on any atom is -0.462 e. The topological polar surface area (TPSA) is 78.8 Å². The Balaban J connectivity index is 0.00000480. The summed E-state index contributed by atoms with van der Waals surface area (Å²) in [6, 6.07) is 6.43. The van der Waals surface area contributed by atoms with Gasteiger partial charge in [-0.3, -0.25) is 4.99 Å². The van der Waals surface area contributed by atoms with Gasteiger partial charge in [-0.05, 0) is 45.5 Å². The highest BCUT2D eigenvalue weighted by molar-refractivity contribution is 14.0. The highest BCUT2D eigenvalue weighted by Crippen LogP contribution is 2.24. The molecule has 1 unspecified atom stereocenters. The third-order valence-corrected chi connectivity index (χ3v) is 5.69. The van der Waals surface area contributed by atoms with Crippen molar-refractivity contribution in [3.63, 3.8) is 0 Å². The maximum Gasteiger partial charge on any atom is 0.350 e.